The van der Waals surface area contributed by atoms with Gasteiger partial charge in [-0.2, -0.15) is 0 Å². The third-order valence-electron chi connectivity index (χ3n) is 3.90. The Morgan fingerprint density at radius 3 is 2.50 bits per heavy atom. The minimum atomic E-state index is -0.336. The van der Waals surface area contributed by atoms with Gasteiger partial charge in [0.25, 0.3) is 0 Å². The molecule has 1 saturated heterocycles. The smallest absolute Gasteiger partial charge is 0.238 e. The average Bonchev–Trinajstić information content (AvgIpc) is 2.44. The summed E-state index contributed by atoms with van der Waals surface area (Å²) in [6, 6.07) is 5.84. The summed E-state index contributed by atoms with van der Waals surface area (Å²) >= 11 is 0. The number of rotatable bonds is 7. The largest absolute Gasteiger partial charge is 0.396 e. The van der Waals surface area contributed by atoms with E-state index >= 15 is 0 Å². The van der Waals surface area contributed by atoms with Crippen LogP contribution in [0.5, 0.6) is 0 Å². The highest BCUT2D eigenvalue weighted by Crippen LogP contribution is 2.28. The van der Waals surface area contributed by atoms with E-state index in [1.165, 1.54) is 24.3 Å². The molecule has 2 rings (SSSR count). The number of benzene rings is 1. The highest BCUT2D eigenvalue weighted by atomic mass is 19.1. The standard InChI is InChI=1S/C16H23FN2O3/c1-12(2)19(8-16(9-20)10-22-11-16)7-15(21)18-14-5-3-13(17)4-6-14/h3-6,12,20H,7-11H2,1-2H3,(H,18,21). The quantitative estimate of drug-likeness (QED) is 0.801. The van der Waals surface area contributed by atoms with Gasteiger partial charge in [-0.3, -0.25) is 9.69 Å². The molecule has 5 nitrogen and oxygen atoms in total. The highest BCUT2D eigenvalue weighted by Gasteiger charge is 2.40. The first-order chi connectivity index (χ1) is 10.4. The van der Waals surface area contributed by atoms with E-state index in [1.807, 2.05) is 18.7 Å². The Hall–Kier alpha value is -1.50. The Bertz CT molecular complexity index is 495. The molecule has 1 heterocycles. The number of nitrogens with one attached hydrogen (secondary N) is 1. The second-order valence-corrected chi connectivity index (χ2v) is 6.20. The maximum absolute atomic E-state index is 12.9. The van der Waals surface area contributed by atoms with Crippen molar-refractivity contribution in [3.05, 3.63) is 30.1 Å². The molecule has 1 amide bonds. The molecule has 0 aliphatic carbocycles. The van der Waals surface area contributed by atoms with Crippen LogP contribution in [0, 0.1) is 11.2 Å². The predicted molar refractivity (Wildman–Crippen MR) is 82.1 cm³/mol. The number of carbonyl (C=O) groups is 1. The minimum Gasteiger partial charge on any atom is -0.396 e. The molecule has 22 heavy (non-hydrogen) atoms. The predicted octanol–water partition coefficient (Wildman–Crippen LogP) is 1.48. The molecule has 1 aromatic rings. The molecule has 1 aliphatic heterocycles. The topological polar surface area (TPSA) is 61.8 Å². The number of amides is 1. The zero-order valence-electron chi connectivity index (χ0n) is 13.0. The van der Waals surface area contributed by atoms with E-state index in [4.69, 9.17) is 4.74 Å². The van der Waals surface area contributed by atoms with E-state index in [0.29, 0.717) is 25.4 Å². The molecule has 0 unspecified atom stereocenters. The molecule has 0 saturated carbocycles. The van der Waals surface area contributed by atoms with E-state index in [-0.39, 0.29) is 36.3 Å². The van der Waals surface area contributed by atoms with Crippen LogP contribution in [0.15, 0.2) is 24.3 Å². The number of anilines is 1. The van der Waals surface area contributed by atoms with Gasteiger partial charge in [-0.1, -0.05) is 0 Å². The van der Waals surface area contributed by atoms with Crippen molar-refractivity contribution in [2.45, 2.75) is 19.9 Å². The van der Waals surface area contributed by atoms with Gasteiger partial charge in [0.05, 0.1) is 31.8 Å². The third-order valence-corrected chi connectivity index (χ3v) is 3.90. The lowest BCUT2D eigenvalue weighted by Crippen LogP contribution is -2.55. The number of hydrogen-bond donors (Lipinski definition) is 2. The van der Waals surface area contributed by atoms with Crippen molar-refractivity contribution in [3.63, 3.8) is 0 Å². The van der Waals surface area contributed by atoms with Crippen molar-refractivity contribution >= 4 is 11.6 Å². The second kappa shape index (κ2) is 7.17. The van der Waals surface area contributed by atoms with Crippen LogP contribution in [0.1, 0.15) is 13.8 Å². The van der Waals surface area contributed by atoms with E-state index in [1.54, 1.807) is 0 Å². The SMILES string of the molecule is CC(C)N(CC(=O)Nc1ccc(F)cc1)CC1(CO)COC1. The van der Waals surface area contributed by atoms with Gasteiger partial charge < -0.3 is 15.2 Å². The number of aliphatic hydroxyl groups is 1. The molecule has 1 aromatic carbocycles. The van der Waals surface area contributed by atoms with Gasteiger partial charge in [-0.15, -0.1) is 0 Å². The fourth-order valence-electron chi connectivity index (χ4n) is 2.39. The number of ether oxygens (including phenoxy) is 1. The first kappa shape index (κ1) is 16.9. The summed E-state index contributed by atoms with van der Waals surface area (Å²) in [5.41, 5.74) is 0.305. The lowest BCUT2D eigenvalue weighted by molar-refractivity contribution is -0.152. The van der Waals surface area contributed by atoms with Crippen LogP contribution in [0.3, 0.4) is 0 Å². The van der Waals surface area contributed by atoms with Crippen molar-refractivity contribution < 1.29 is 19.0 Å². The zero-order chi connectivity index (χ0) is 16.2. The Balaban J connectivity index is 1.92. The fourth-order valence-corrected chi connectivity index (χ4v) is 2.39. The van der Waals surface area contributed by atoms with Crippen molar-refractivity contribution in [1.82, 2.24) is 4.90 Å². The van der Waals surface area contributed by atoms with E-state index in [2.05, 4.69) is 5.32 Å². The molecule has 0 atom stereocenters. The lowest BCUT2D eigenvalue weighted by Gasteiger charge is -2.44. The maximum atomic E-state index is 12.9. The highest BCUT2D eigenvalue weighted by molar-refractivity contribution is 5.92. The van der Waals surface area contributed by atoms with E-state index < -0.39 is 0 Å². The molecular weight excluding hydrogens is 287 g/mol. The minimum absolute atomic E-state index is 0.0514. The van der Waals surface area contributed by atoms with Gasteiger partial charge in [-0.25, -0.2) is 4.39 Å². The van der Waals surface area contributed by atoms with Crippen molar-refractivity contribution in [3.8, 4) is 0 Å². The summed E-state index contributed by atoms with van der Waals surface area (Å²) in [5, 5.41) is 12.3. The van der Waals surface area contributed by atoms with Crippen molar-refractivity contribution in [2.24, 2.45) is 5.41 Å². The van der Waals surface area contributed by atoms with Crippen molar-refractivity contribution in [1.29, 1.82) is 0 Å². The van der Waals surface area contributed by atoms with Crippen LogP contribution in [-0.2, 0) is 9.53 Å². The van der Waals surface area contributed by atoms with Gasteiger partial charge in [0.15, 0.2) is 0 Å². The Kier molecular flexibility index (Phi) is 5.50. The molecule has 1 aliphatic rings. The van der Waals surface area contributed by atoms with Crippen LogP contribution in [0.4, 0.5) is 10.1 Å². The maximum Gasteiger partial charge on any atom is 0.238 e. The van der Waals surface area contributed by atoms with Gasteiger partial charge in [-0.05, 0) is 38.1 Å². The summed E-state index contributed by atoms with van der Waals surface area (Å²) in [7, 11) is 0. The molecule has 0 bridgehead atoms. The van der Waals surface area contributed by atoms with Gasteiger partial charge >= 0.3 is 0 Å². The average molecular weight is 310 g/mol. The normalized spacial score (nSPS) is 16.6. The lowest BCUT2D eigenvalue weighted by atomic mass is 9.86. The number of halogens is 1. The van der Waals surface area contributed by atoms with Gasteiger partial charge in [0.2, 0.25) is 5.91 Å². The molecule has 2 N–H and O–H groups in total. The molecule has 0 aromatic heterocycles. The fraction of sp³-hybridized carbons (Fsp3) is 0.562. The molecule has 122 valence electrons. The van der Waals surface area contributed by atoms with Crippen LogP contribution in [0.25, 0.3) is 0 Å². The summed E-state index contributed by atoms with van der Waals surface area (Å²) in [4.78, 5) is 14.2. The Labute approximate surface area is 130 Å². The molecular formula is C16H23FN2O3. The van der Waals surface area contributed by atoms with Crippen LogP contribution in [0.2, 0.25) is 0 Å². The molecule has 0 spiro atoms. The monoisotopic (exact) mass is 310 g/mol. The first-order valence-corrected chi connectivity index (χ1v) is 7.42. The van der Waals surface area contributed by atoms with E-state index in [0.717, 1.165) is 0 Å². The summed E-state index contributed by atoms with van der Waals surface area (Å²) in [5.74, 6) is -0.495. The Morgan fingerprint density at radius 1 is 1.41 bits per heavy atom. The molecule has 0 radical (unpaired) electrons. The number of aliphatic hydroxyl groups excluding tert-OH is 1. The van der Waals surface area contributed by atoms with Gasteiger partial charge in [0.1, 0.15) is 5.82 Å². The zero-order valence-corrected chi connectivity index (χ0v) is 13.0. The molecule has 6 heteroatoms. The van der Waals surface area contributed by atoms with Crippen LogP contribution < -0.4 is 5.32 Å². The summed E-state index contributed by atoms with van der Waals surface area (Å²) < 4.78 is 18.1. The summed E-state index contributed by atoms with van der Waals surface area (Å²) in [6.45, 7) is 5.94. The molecule has 1 fully saturated rings. The number of hydrogen-bond acceptors (Lipinski definition) is 4. The van der Waals surface area contributed by atoms with Crippen molar-refractivity contribution in [2.75, 3.05) is 38.2 Å². The number of nitrogens with zero attached hydrogens (tertiary/aromatic N) is 1. The number of carbonyl (C=O) groups excluding carboxylic acids is 1. The summed E-state index contributed by atoms with van der Waals surface area (Å²) in [6.07, 6.45) is 0. The second-order valence-electron chi connectivity index (χ2n) is 6.20. The van der Waals surface area contributed by atoms with E-state index in [9.17, 15) is 14.3 Å². The van der Waals surface area contributed by atoms with Gasteiger partial charge in [0, 0.05) is 18.3 Å². The Morgan fingerprint density at radius 2 is 2.05 bits per heavy atom. The first-order valence-electron chi connectivity index (χ1n) is 7.42. The third kappa shape index (κ3) is 4.25. The van der Waals surface area contributed by atoms with Crippen LogP contribution >= 0.6 is 0 Å². The van der Waals surface area contributed by atoms with Crippen LogP contribution in [-0.4, -0.2) is 54.9 Å².